The van der Waals surface area contributed by atoms with Gasteiger partial charge >= 0.3 is 17.1 Å². The van der Waals surface area contributed by atoms with Crippen molar-refractivity contribution < 1.29 is 96.1 Å². The van der Waals surface area contributed by atoms with Crippen LogP contribution in [0.5, 0.6) is 0 Å². The molecule has 0 aromatic heterocycles. The van der Waals surface area contributed by atoms with E-state index in [9.17, 15) is 0 Å². The van der Waals surface area contributed by atoms with Gasteiger partial charge in [0.2, 0.25) is 0 Å². The molecule has 0 spiro atoms. The van der Waals surface area contributed by atoms with Gasteiger partial charge in [0, 0.05) is 17.9 Å². The van der Waals surface area contributed by atoms with Gasteiger partial charge in [-0.2, -0.15) is 0 Å². The molecule has 0 aliphatic carbocycles. The summed E-state index contributed by atoms with van der Waals surface area (Å²) in [6, 6.07) is 0. The zero-order valence-electron chi connectivity index (χ0n) is 11.8. The Morgan fingerprint density at radius 1 is 0.455 bits per heavy atom. The summed E-state index contributed by atoms with van der Waals surface area (Å²) >= 11 is 0. The first-order valence-corrected chi connectivity index (χ1v) is 2.72. The van der Waals surface area contributed by atoms with E-state index >= 15 is 0 Å². The fourth-order valence-electron chi connectivity index (χ4n) is 0. The van der Waals surface area contributed by atoms with Crippen molar-refractivity contribution in [3.05, 3.63) is 0 Å². The zero-order valence-corrected chi connectivity index (χ0v) is 12.9. The molecule has 0 rings (SSSR count). The maximum Gasteiger partial charge on any atom is 3.00 e. The molecule has 1 radical (unpaired) electrons. The maximum atomic E-state index is 8.89. The predicted molar refractivity (Wildman–Crippen MR) is 64.6 cm³/mol. The topological polar surface area (TPSA) is 404 Å². The van der Waals surface area contributed by atoms with Gasteiger partial charge in [-0.1, -0.05) is 0 Å². The van der Waals surface area contributed by atoms with Crippen LogP contribution in [0.2, 0.25) is 0 Å². The summed E-state index contributed by atoms with van der Waals surface area (Å²) in [6.45, 7) is 2.92. The summed E-state index contributed by atoms with van der Waals surface area (Å²) < 4.78 is 0. The molecule has 0 bridgehead atoms. The second kappa shape index (κ2) is 118. The Morgan fingerprint density at radius 2 is 0.455 bits per heavy atom. The maximum absolute atomic E-state index is 8.89. The number of hydrogen-bond donors (Lipinski definition) is 0. The molecule has 0 amide bonds. The SMILES string of the molecule is CC(=O)[O-].CC(=O)[O-].CC(=O)[O-].O.O.O.O.O.O.O.O.O.[Fe+3]. The fraction of sp³-hybridized carbons (Fsp3) is 0.500. The van der Waals surface area contributed by atoms with E-state index in [-0.39, 0.29) is 66.4 Å². The number of carboxylic acids is 3. The third-order valence-electron chi connectivity index (χ3n) is 0. The van der Waals surface area contributed by atoms with E-state index in [1.54, 1.807) is 0 Å². The number of hydrogen-bond acceptors (Lipinski definition) is 6. The average Bonchev–Trinajstić information content (AvgIpc) is 1.54. The van der Waals surface area contributed by atoms with Crippen LogP contribution in [-0.2, 0) is 31.5 Å². The van der Waals surface area contributed by atoms with Crippen LogP contribution in [0.3, 0.4) is 0 Å². The number of carbonyl (C=O) groups is 3. The van der Waals surface area contributed by atoms with E-state index in [0.717, 1.165) is 20.8 Å². The standard InChI is InChI=1S/3C2H4O2.Fe.9H2O/c3*1-2(3)4;;;;;;;;;;/h3*1H3,(H,3,4);;9*1H2/q;;;+3;;;;;;;;;/p-3. The van der Waals surface area contributed by atoms with Crippen molar-refractivity contribution in [3.8, 4) is 0 Å². The molecule has 0 aliphatic rings. The van der Waals surface area contributed by atoms with Crippen LogP contribution in [0.25, 0.3) is 0 Å². The van der Waals surface area contributed by atoms with Crippen molar-refractivity contribution in [2.45, 2.75) is 20.8 Å². The Hall–Kier alpha value is -1.43. The Bertz CT molecular complexity index is 122. The predicted octanol–water partition coefficient (Wildman–Crippen LogP) is -11.2. The first kappa shape index (κ1) is 137. The first-order valence-electron chi connectivity index (χ1n) is 2.72. The minimum atomic E-state index is -1.08. The number of carbonyl (C=O) groups excluding carboxylic acids is 3. The van der Waals surface area contributed by atoms with Crippen molar-refractivity contribution in [3.63, 3.8) is 0 Å². The van der Waals surface area contributed by atoms with Gasteiger partial charge in [0.1, 0.15) is 0 Å². The molecule has 22 heavy (non-hydrogen) atoms. The third-order valence-corrected chi connectivity index (χ3v) is 0. The van der Waals surface area contributed by atoms with E-state index in [1.807, 2.05) is 0 Å². The van der Waals surface area contributed by atoms with Gasteiger partial charge in [-0.3, -0.25) is 0 Å². The van der Waals surface area contributed by atoms with Crippen molar-refractivity contribution in [1.29, 1.82) is 0 Å². The molecular weight excluding hydrogens is 368 g/mol. The van der Waals surface area contributed by atoms with Crippen LogP contribution < -0.4 is 15.3 Å². The van der Waals surface area contributed by atoms with E-state index in [1.165, 1.54) is 0 Å². The number of aliphatic carboxylic acids is 3. The minimum Gasteiger partial charge on any atom is -0.550 e. The van der Waals surface area contributed by atoms with E-state index in [4.69, 9.17) is 29.7 Å². The second-order valence-electron chi connectivity index (χ2n) is 1.47. The molecule has 0 atom stereocenters. The van der Waals surface area contributed by atoms with E-state index in [0.29, 0.717) is 0 Å². The molecule has 15 nitrogen and oxygen atoms in total. The molecule has 0 aliphatic heterocycles. The number of carboxylic acid groups (broad SMARTS) is 3. The molecule has 0 aromatic rings. The quantitative estimate of drug-likeness (QED) is 0.358. The van der Waals surface area contributed by atoms with Crippen molar-refractivity contribution in [1.82, 2.24) is 0 Å². The summed E-state index contributed by atoms with van der Waals surface area (Å²) in [7, 11) is 0. The van der Waals surface area contributed by atoms with Gasteiger partial charge in [-0.25, -0.2) is 0 Å². The summed E-state index contributed by atoms with van der Waals surface area (Å²) in [5.74, 6) is -3.25. The van der Waals surface area contributed by atoms with Crippen LogP contribution in [0.4, 0.5) is 0 Å². The summed E-state index contributed by atoms with van der Waals surface area (Å²) in [5, 5.41) is 26.7. The number of rotatable bonds is 0. The van der Waals surface area contributed by atoms with Gasteiger partial charge in [0.05, 0.1) is 0 Å². The summed E-state index contributed by atoms with van der Waals surface area (Å²) in [5.41, 5.74) is 0. The fourth-order valence-corrected chi connectivity index (χ4v) is 0. The Balaban J connectivity index is -0.00000000409. The second-order valence-corrected chi connectivity index (χ2v) is 1.47. The van der Waals surface area contributed by atoms with Crippen LogP contribution >= 0.6 is 0 Å². The third kappa shape index (κ3) is 2800. The normalized spacial score (nSPS) is 3.41. The molecule has 16 heteroatoms. The summed E-state index contributed by atoms with van der Waals surface area (Å²) in [4.78, 5) is 26.7. The summed E-state index contributed by atoms with van der Waals surface area (Å²) in [6.07, 6.45) is 0. The van der Waals surface area contributed by atoms with Crippen molar-refractivity contribution >= 4 is 17.9 Å². The van der Waals surface area contributed by atoms with Crippen LogP contribution in [0.1, 0.15) is 20.8 Å². The molecule has 0 saturated heterocycles. The largest absolute Gasteiger partial charge is 3.00 e. The van der Waals surface area contributed by atoms with Gasteiger partial charge in [0.15, 0.2) is 0 Å². The molecule has 149 valence electrons. The molecule has 0 heterocycles. The molecule has 0 fully saturated rings. The Morgan fingerprint density at radius 3 is 0.455 bits per heavy atom. The Kier molecular flexibility index (Phi) is 736. The smallest absolute Gasteiger partial charge is 0.550 e. The molecule has 18 N–H and O–H groups in total. The first-order chi connectivity index (χ1) is 5.20. The van der Waals surface area contributed by atoms with Gasteiger partial charge in [-0.15, -0.1) is 0 Å². The molecule has 0 saturated carbocycles. The van der Waals surface area contributed by atoms with Gasteiger partial charge in [-0.05, 0) is 20.8 Å². The van der Waals surface area contributed by atoms with Crippen LogP contribution in [0, 0.1) is 0 Å². The van der Waals surface area contributed by atoms with Gasteiger partial charge in [0.25, 0.3) is 0 Å². The Labute approximate surface area is 135 Å². The average molecular weight is 395 g/mol. The van der Waals surface area contributed by atoms with E-state index in [2.05, 4.69) is 0 Å². The molecule has 0 unspecified atom stereocenters. The van der Waals surface area contributed by atoms with Crippen LogP contribution in [0.15, 0.2) is 0 Å². The van der Waals surface area contributed by atoms with E-state index < -0.39 is 17.9 Å². The van der Waals surface area contributed by atoms with Crippen LogP contribution in [-0.4, -0.2) is 67.2 Å². The van der Waals surface area contributed by atoms with Gasteiger partial charge < -0.3 is 79.0 Å². The zero-order chi connectivity index (χ0) is 10.7. The molecule has 0 aromatic carbocycles. The van der Waals surface area contributed by atoms with Crippen molar-refractivity contribution in [2.75, 3.05) is 0 Å². The molecular formula is C6H27FeO15. The monoisotopic (exact) mass is 395 g/mol. The minimum absolute atomic E-state index is 0. The van der Waals surface area contributed by atoms with Crippen molar-refractivity contribution in [2.24, 2.45) is 0 Å².